The molecular formula is C35H33NO6. The number of hydrogen-bond donors (Lipinski definition) is 2. The number of esters is 1. The number of carbonyl (C=O) groups excluding carboxylic acids is 1. The van der Waals surface area contributed by atoms with Crippen molar-refractivity contribution in [3.8, 4) is 0 Å². The van der Waals surface area contributed by atoms with Crippen LogP contribution in [0.5, 0.6) is 0 Å². The molecule has 214 valence electrons. The number of carboxylic acids is 2. The van der Waals surface area contributed by atoms with Crippen LogP contribution >= 0.6 is 0 Å². The van der Waals surface area contributed by atoms with Crippen molar-refractivity contribution in [1.82, 2.24) is 4.90 Å². The van der Waals surface area contributed by atoms with Crippen molar-refractivity contribution < 1.29 is 29.3 Å². The molecule has 7 heteroatoms. The number of aliphatic carboxylic acids is 2. The molecule has 0 aromatic heterocycles. The fourth-order valence-electron chi connectivity index (χ4n) is 5.12. The molecule has 0 unspecified atom stereocenters. The number of benzene rings is 4. The molecule has 0 radical (unpaired) electrons. The van der Waals surface area contributed by atoms with Crippen molar-refractivity contribution in [2.75, 3.05) is 6.54 Å². The van der Waals surface area contributed by atoms with Crippen LogP contribution in [0.2, 0.25) is 0 Å². The number of ether oxygens (including phenoxy) is 1. The molecule has 2 N–H and O–H groups in total. The molecule has 0 bridgehead atoms. The Kier molecular flexibility index (Phi) is 10.8. The number of nitrogens with zero attached hydrogens (tertiary/aromatic N) is 1. The van der Waals surface area contributed by atoms with Gasteiger partial charge in [-0.25, -0.2) is 9.59 Å². The summed E-state index contributed by atoms with van der Waals surface area (Å²) in [5.41, 5.74) is 4.66. The normalized spacial score (nSPS) is 17.8. The molecule has 1 heterocycles. The summed E-state index contributed by atoms with van der Waals surface area (Å²) in [5.74, 6) is -2.92. The third kappa shape index (κ3) is 8.74. The fourth-order valence-corrected chi connectivity index (χ4v) is 5.12. The Hall–Kier alpha value is -5.01. The number of carboxylic acid groups (broad SMARTS) is 2. The van der Waals surface area contributed by atoms with Crippen molar-refractivity contribution in [3.63, 3.8) is 0 Å². The summed E-state index contributed by atoms with van der Waals surface area (Å²) in [6, 6.07) is 41.4. The van der Waals surface area contributed by atoms with E-state index in [1.165, 1.54) is 11.1 Å². The first-order valence-corrected chi connectivity index (χ1v) is 13.6. The zero-order chi connectivity index (χ0) is 29.7. The second-order valence-electron chi connectivity index (χ2n) is 9.96. The van der Waals surface area contributed by atoms with Crippen molar-refractivity contribution in [3.05, 3.63) is 156 Å². The van der Waals surface area contributed by atoms with Crippen LogP contribution < -0.4 is 0 Å². The summed E-state index contributed by atoms with van der Waals surface area (Å²) in [5, 5.41) is 15.6. The molecule has 42 heavy (non-hydrogen) atoms. The van der Waals surface area contributed by atoms with Gasteiger partial charge in [0.25, 0.3) is 0 Å². The molecule has 1 saturated heterocycles. The zero-order valence-electron chi connectivity index (χ0n) is 23.0. The highest BCUT2D eigenvalue weighted by atomic mass is 16.6. The fraction of sp³-hybridized carbons (Fsp3) is 0.171. The van der Waals surface area contributed by atoms with Gasteiger partial charge in [-0.2, -0.15) is 0 Å². The van der Waals surface area contributed by atoms with Crippen LogP contribution in [0.3, 0.4) is 0 Å². The van der Waals surface area contributed by atoms with E-state index in [0.717, 1.165) is 24.2 Å². The van der Waals surface area contributed by atoms with Gasteiger partial charge in [0, 0.05) is 37.7 Å². The van der Waals surface area contributed by atoms with Gasteiger partial charge in [0.2, 0.25) is 0 Å². The summed E-state index contributed by atoms with van der Waals surface area (Å²) in [4.78, 5) is 34.8. The van der Waals surface area contributed by atoms with Crippen LogP contribution in [0, 0.1) is 5.92 Å². The van der Waals surface area contributed by atoms with Gasteiger partial charge in [-0.05, 0) is 22.3 Å². The molecule has 1 aliphatic rings. The Bertz CT molecular complexity index is 1400. The summed E-state index contributed by atoms with van der Waals surface area (Å²) in [6.07, 6.45) is 0.835. The van der Waals surface area contributed by atoms with Gasteiger partial charge in [-0.3, -0.25) is 9.69 Å². The van der Waals surface area contributed by atoms with E-state index >= 15 is 0 Å². The largest absolute Gasteiger partial charge is 0.478 e. The van der Waals surface area contributed by atoms with Crippen LogP contribution in [-0.4, -0.2) is 39.6 Å². The molecule has 0 saturated carbocycles. The van der Waals surface area contributed by atoms with E-state index in [4.69, 9.17) is 14.9 Å². The minimum absolute atomic E-state index is 0.0369. The van der Waals surface area contributed by atoms with Crippen LogP contribution in [0.4, 0.5) is 0 Å². The first kappa shape index (κ1) is 30.0. The predicted molar refractivity (Wildman–Crippen MR) is 159 cm³/mol. The molecule has 7 nitrogen and oxygen atoms in total. The maximum atomic E-state index is 13.3. The topological polar surface area (TPSA) is 104 Å². The van der Waals surface area contributed by atoms with Gasteiger partial charge in [-0.15, -0.1) is 0 Å². The average molecular weight is 564 g/mol. The molecule has 4 aromatic rings. The Morgan fingerprint density at radius 3 is 1.48 bits per heavy atom. The molecule has 0 spiro atoms. The van der Waals surface area contributed by atoms with E-state index in [9.17, 15) is 14.4 Å². The third-order valence-electron chi connectivity index (χ3n) is 6.94. The van der Waals surface area contributed by atoms with Crippen molar-refractivity contribution in [2.45, 2.75) is 25.1 Å². The number of rotatable bonds is 10. The number of carbonyl (C=O) groups is 3. The van der Waals surface area contributed by atoms with Gasteiger partial charge >= 0.3 is 17.9 Å². The highest BCUT2D eigenvalue weighted by molar-refractivity contribution is 5.89. The van der Waals surface area contributed by atoms with Gasteiger partial charge < -0.3 is 14.9 Å². The van der Waals surface area contributed by atoms with Gasteiger partial charge in [-0.1, -0.05) is 121 Å². The third-order valence-corrected chi connectivity index (χ3v) is 6.94. The molecule has 4 aromatic carbocycles. The number of hydrogen-bond acceptors (Lipinski definition) is 5. The standard InChI is InChI=1S/C31H29NO2.C4H4O4/c33-31-28(23-32(21-24-13-5-1-6-14-24)22-25-15-7-2-8-16-25)29(26-17-9-3-10-18-26)30(34-31)27-19-11-4-12-20-27;5-3(6)1-2-4(7)8/h1-20,28-30H,21-23H2;1-2H,(H,5,6)(H,7,8)/b;2-1+/t28-,29-,30+;/m1./s1. The Morgan fingerprint density at radius 1 is 0.643 bits per heavy atom. The van der Waals surface area contributed by atoms with E-state index in [-0.39, 0.29) is 23.9 Å². The predicted octanol–water partition coefficient (Wildman–Crippen LogP) is 6.10. The molecule has 3 atom stereocenters. The SMILES string of the molecule is O=C(O)/C=C/C(=O)O.O=C1O[C@@H](c2ccccc2)[C@H](c2ccccc2)[C@H]1CN(Cc1ccccc1)Cc1ccccc1. The summed E-state index contributed by atoms with van der Waals surface area (Å²) in [7, 11) is 0. The Balaban J connectivity index is 0.000000446. The van der Waals surface area contributed by atoms with E-state index in [2.05, 4.69) is 77.7 Å². The average Bonchev–Trinajstić information content (AvgIpc) is 3.33. The first-order valence-electron chi connectivity index (χ1n) is 13.6. The molecular weight excluding hydrogens is 530 g/mol. The van der Waals surface area contributed by atoms with E-state index in [1.807, 2.05) is 48.5 Å². The smallest absolute Gasteiger partial charge is 0.328 e. The van der Waals surface area contributed by atoms with E-state index in [1.54, 1.807) is 0 Å². The Morgan fingerprint density at radius 2 is 1.05 bits per heavy atom. The molecule has 0 aliphatic carbocycles. The number of cyclic esters (lactones) is 1. The maximum absolute atomic E-state index is 13.3. The van der Waals surface area contributed by atoms with Crippen molar-refractivity contribution in [2.24, 2.45) is 5.92 Å². The van der Waals surface area contributed by atoms with Gasteiger partial charge in [0.15, 0.2) is 0 Å². The summed E-state index contributed by atoms with van der Waals surface area (Å²) < 4.78 is 6.06. The lowest BCUT2D eigenvalue weighted by Gasteiger charge is -2.28. The van der Waals surface area contributed by atoms with Gasteiger partial charge in [0.1, 0.15) is 6.10 Å². The lowest BCUT2D eigenvalue weighted by atomic mass is 9.81. The second kappa shape index (κ2) is 15.1. The van der Waals surface area contributed by atoms with Crippen LogP contribution in [-0.2, 0) is 32.2 Å². The van der Waals surface area contributed by atoms with E-state index in [0.29, 0.717) is 18.7 Å². The van der Waals surface area contributed by atoms with Crippen molar-refractivity contribution in [1.29, 1.82) is 0 Å². The monoisotopic (exact) mass is 563 g/mol. The van der Waals surface area contributed by atoms with Gasteiger partial charge in [0.05, 0.1) is 5.92 Å². The molecule has 0 amide bonds. The minimum atomic E-state index is -1.26. The first-order chi connectivity index (χ1) is 20.4. The molecule has 1 fully saturated rings. The zero-order valence-corrected chi connectivity index (χ0v) is 23.0. The second-order valence-corrected chi connectivity index (χ2v) is 9.96. The maximum Gasteiger partial charge on any atom is 0.328 e. The quantitative estimate of drug-likeness (QED) is 0.178. The van der Waals surface area contributed by atoms with Crippen LogP contribution in [0.25, 0.3) is 0 Å². The molecule has 5 rings (SSSR count). The lowest BCUT2D eigenvalue weighted by Crippen LogP contribution is -2.33. The minimum Gasteiger partial charge on any atom is -0.478 e. The molecule has 1 aliphatic heterocycles. The van der Waals surface area contributed by atoms with Crippen LogP contribution in [0.15, 0.2) is 133 Å². The summed E-state index contributed by atoms with van der Waals surface area (Å²) >= 11 is 0. The lowest BCUT2D eigenvalue weighted by molar-refractivity contribution is -0.145. The Labute approximate surface area is 245 Å². The highest BCUT2D eigenvalue weighted by Crippen LogP contribution is 2.46. The highest BCUT2D eigenvalue weighted by Gasteiger charge is 2.46. The van der Waals surface area contributed by atoms with Crippen LogP contribution in [0.1, 0.15) is 34.3 Å². The van der Waals surface area contributed by atoms with Crippen molar-refractivity contribution >= 4 is 17.9 Å². The summed E-state index contributed by atoms with van der Waals surface area (Å²) in [6.45, 7) is 2.18. The van der Waals surface area contributed by atoms with E-state index < -0.39 is 11.9 Å².